The zero-order valence-electron chi connectivity index (χ0n) is 10.7. The van der Waals surface area contributed by atoms with Crippen molar-refractivity contribution in [2.24, 2.45) is 5.41 Å². The Balaban J connectivity index is 1.95. The Bertz CT molecular complexity index is 474. The molecule has 0 spiro atoms. The van der Waals surface area contributed by atoms with E-state index < -0.39 is 15.3 Å². The molecule has 0 aliphatic carbocycles. The topological polar surface area (TPSA) is 96.3 Å². The molecule has 106 valence electrons. The van der Waals surface area contributed by atoms with Crippen molar-refractivity contribution in [1.29, 1.82) is 5.26 Å². The smallest absolute Gasteiger partial charge is 0.240 e. The molecule has 2 fully saturated rings. The van der Waals surface area contributed by atoms with Crippen molar-refractivity contribution < 1.29 is 17.9 Å². The van der Waals surface area contributed by atoms with Crippen LogP contribution in [0.1, 0.15) is 25.7 Å². The highest BCUT2D eigenvalue weighted by molar-refractivity contribution is 7.91. The van der Waals surface area contributed by atoms with Crippen LogP contribution in [-0.4, -0.2) is 45.1 Å². The number of sulfone groups is 1. The predicted molar refractivity (Wildman–Crippen MR) is 67.9 cm³/mol. The third kappa shape index (κ3) is 3.25. The van der Waals surface area contributed by atoms with E-state index in [1.807, 2.05) is 0 Å². The molecule has 0 aromatic heterocycles. The predicted octanol–water partition coefficient (Wildman–Crippen LogP) is 0.000180. The highest BCUT2D eigenvalue weighted by atomic mass is 32.2. The summed E-state index contributed by atoms with van der Waals surface area (Å²) < 4.78 is 27.8. The molecule has 0 aromatic rings. The fourth-order valence-corrected chi connectivity index (χ4v) is 3.96. The molecule has 0 radical (unpaired) electrons. The average molecular weight is 286 g/mol. The summed E-state index contributed by atoms with van der Waals surface area (Å²) in [4.78, 5) is 12.2. The van der Waals surface area contributed by atoms with Gasteiger partial charge in [0, 0.05) is 19.3 Å². The number of nitriles is 1. The summed E-state index contributed by atoms with van der Waals surface area (Å²) in [7, 11) is -2.93. The Morgan fingerprint density at radius 3 is 2.37 bits per heavy atom. The molecule has 0 bridgehead atoms. The third-order valence-corrected chi connectivity index (χ3v) is 5.60. The van der Waals surface area contributed by atoms with Gasteiger partial charge in [-0.1, -0.05) is 0 Å². The molecule has 1 N–H and O–H groups in total. The lowest BCUT2D eigenvalue weighted by Gasteiger charge is -2.32. The SMILES string of the molecule is N#CC1(C(=O)NC2CCS(=O)(=O)CC2)CCOCC1. The van der Waals surface area contributed by atoms with Crippen LogP contribution in [0.5, 0.6) is 0 Å². The largest absolute Gasteiger partial charge is 0.381 e. The van der Waals surface area contributed by atoms with Crippen LogP contribution in [0.15, 0.2) is 0 Å². The number of hydrogen-bond acceptors (Lipinski definition) is 5. The normalized spacial score (nSPS) is 26.3. The van der Waals surface area contributed by atoms with E-state index in [4.69, 9.17) is 4.74 Å². The molecule has 7 heteroatoms. The van der Waals surface area contributed by atoms with Crippen molar-refractivity contribution in [2.45, 2.75) is 31.7 Å². The van der Waals surface area contributed by atoms with Gasteiger partial charge >= 0.3 is 0 Å². The van der Waals surface area contributed by atoms with E-state index in [9.17, 15) is 18.5 Å². The van der Waals surface area contributed by atoms with Crippen molar-refractivity contribution >= 4 is 15.7 Å². The first-order valence-electron chi connectivity index (χ1n) is 6.48. The molecule has 19 heavy (non-hydrogen) atoms. The van der Waals surface area contributed by atoms with Gasteiger partial charge in [0.2, 0.25) is 5.91 Å². The van der Waals surface area contributed by atoms with Gasteiger partial charge in [-0.15, -0.1) is 0 Å². The first-order valence-corrected chi connectivity index (χ1v) is 8.30. The van der Waals surface area contributed by atoms with Crippen molar-refractivity contribution in [2.75, 3.05) is 24.7 Å². The molecule has 0 atom stereocenters. The Morgan fingerprint density at radius 2 is 1.84 bits per heavy atom. The van der Waals surface area contributed by atoms with Gasteiger partial charge in [0.25, 0.3) is 0 Å². The van der Waals surface area contributed by atoms with E-state index in [0.717, 1.165) is 0 Å². The molecule has 2 aliphatic rings. The molecular formula is C12H18N2O4S. The minimum absolute atomic E-state index is 0.112. The molecule has 2 aliphatic heterocycles. The number of hydrogen-bond donors (Lipinski definition) is 1. The summed E-state index contributed by atoms with van der Waals surface area (Å²) in [6.45, 7) is 0.833. The maximum absolute atomic E-state index is 12.2. The van der Waals surface area contributed by atoms with Gasteiger partial charge in [0.1, 0.15) is 15.3 Å². The first kappa shape index (κ1) is 14.3. The second kappa shape index (κ2) is 5.47. The highest BCUT2D eigenvalue weighted by Crippen LogP contribution is 2.30. The Kier molecular flexibility index (Phi) is 4.11. The van der Waals surface area contributed by atoms with E-state index >= 15 is 0 Å². The molecular weight excluding hydrogens is 268 g/mol. The number of nitrogens with one attached hydrogen (secondary N) is 1. The zero-order chi connectivity index (χ0) is 13.9. The number of ether oxygens (including phenoxy) is 1. The summed E-state index contributed by atoms with van der Waals surface area (Å²) >= 11 is 0. The third-order valence-electron chi connectivity index (χ3n) is 3.88. The monoisotopic (exact) mass is 286 g/mol. The van der Waals surface area contributed by atoms with Crippen LogP contribution in [0, 0.1) is 16.7 Å². The van der Waals surface area contributed by atoms with Crippen LogP contribution < -0.4 is 5.32 Å². The van der Waals surface area contributed by atoms with Gasteiger partial charge in [0.15, 0.2) is 0 Å². The minimum Gasteiger partial charge on any atom is -0.381 e. The quantitative estimate of drug-likeness (QED) is 0.770. The van der Waals surface area contributed by atoms with E-state index in [0.29, 0.717) is 38.9 Å². The summed E-state index contributed by atoms with van der Waals surface area (Å²) in [5, 5.41) is 12.1. The van der Waals surface area contributed by atoms with E-state index in [-0.39, 0.29) is 23.5 Å². The lowest BCUT2D eigenvalue weighted by molar-refractivity contribution is -0.133. The summed E-state index contributed by atoms with van der Waals surface area (Å²) in [6, 6.07) is 1.98. The summed E-state index contributed by atoms with van der Waals surface area (Å²) in [6.07, 6.45) is 1.68. The summed E-state index contributed by atoms with van der Waals surface area (Å²) in [5.41, 5.74) is -1.01. The van der Waals surface area contributed by atoms with Crippen molar-refractivity contribution in [3.63, 3.8) is 0 Å². The first-order chi connectivity index (χ1) is 8.97. The standard InChI is InChI=1S/C12H18N2O4S/c13-9-12(3-5-18-6-4-12)11(15)14-10-1-7-19(16,17)8-2-10/h10H,1-8H2,(H,14,15). The highest BCUT2D eigenvalue weighted by Gasteiger charge is 2.41. The van der Waals surface area contributed by atoms with E-state index in [2.05, 4.69) is 11.4 Å². The lowest BCUT2D eigenvalue weighted by atomic mass is 9.80. The maximum atomic E-state index is 12.2. The van der Waals surface area contributed by atoms with Crippen LogP contribution >= 0.6 is 0 Å². The molecule has 2 rings (SSSR count). The van der Waals surface area contributed by atoms with Crippen LogP contribution in [0.4, 0.5) is 0 Å². The molecule has 2 saturated heterocycles. The van der Waals surface area contributed by atoms with E-state index in [1.165, 1.54) is 0 Å². The van der Waals surface area contributed by atoms with Gasteiger partial charge < -0.3 is 10.1 Å². The second-order valence-corrected chi connectivity index (χ2v) is 7.51. The number of carbonyl (C=O) groups excluding carboxylic acids is 1. The molecule has 2 heterocycles. The molecule has 0 saturated carbocycles. The second-order valence-electron chi connectivity index (χ2n) is 5.21. The van der Waals surface area contributed by atoms with Crippen molar-refractivity contribution in [1.82, 2.24) is 5.32 Å². The van der Waals surface area contributed by atoms with Crippen LogP contribution in [-0.2, 0) is 19.4 Å². The maximum Gasteiger partial charge on any atom is 0.240 e. The number of amides is 1. The summed E-state index contributed by atoms with van der Waals surface area (Å²) in [5.74, 6) is -0.0519. The van der Waals surface area contributed by atoms with Gasteiger partial charge in [-0.25, -0.2) is 8.42 Å². The van der Waals surface area contributed by atoms with Gasteiger partial charge in [-0.05, 0) is 25.7 Å². The minimum atomic E-state index is -2.93. The van der Waals surface area contributed by atoms with Gasteiger partial charge in [-0.3, -0.25) is 4.79 Å². The Morgan fingerprint density at radius 1 is 1.26 bits per heavy atom. The molecule has 6 nitrogen and oxygen atoms in total. The molecule has 0 aromatic carbocycles. The van der Waals surface area contributed by atoms with Crippen LogP contribution in [0.3, 0.4) is 0 Å². The van der Waals surface area contributed by atoms with Crippen molar-refractivity contribution in [3.05, 3.63) is 0 Å². The fraction of sp³-hybridized carbons (Fsp3) is 0.833. The zero-order valence-corrected chi connectivity index (χ0v) is 11.5. The van der Waals surface area contributed by atoms with E-state index in [1.54, 1.807) is 0 Å². The van der Waals surface area contributed by atoms with Gasteiger partial charge in [-0.2, -0.15) is 5.26 Å². The molecule has 0 unspecified atom stereocenters. The number of rotatable bonds is 2. The average Bonchev–Trinajstić information content (AvgIpc) is 2.42. The van der Waals surface area contributed by atoms with Crippen LogP contribution in [0.2, 0.25) is 0 Å². The van der Waals surface area contributed by atoms with Crippen LogP contribution in [0.25, 0.3) is 0 Å². The van der Waals surface area contributed by atoms with Crippen molar-refractivity contribution in [3.8, 4) is 6.07 Å². The number of nitrogens with zero attached hydrogens (tertiary/aromatic N) is 1. The lowest BCUT2D eigenvalue weighted by Crippen LogP contribution is -2.49. The Hall–Kier alpha value is -1.13. The Labute approximate surface area is 113 Å². The fourth-order valence-electron chi connectivity index (χ4n) is 2.47. The van der Waals surface area contributed by atoms with Gasteiger partial charge in [0.05, 0.1) is 17.6 Å². The molecule has 1 amide bonds. The number of carbonyl (C=O) groups is 1.